The first-order valence-electron chi connectivity index (χ1n) is 7.04. The number of benzene rings is 1. The lowest BCUT2D eigenvalue weighted by molar-refractivity contribution is 0.234. The zero-order valence-corrected chi connectivity index (χ0v) is 11.6. The number of likely N-dealkylation sites (tertiary alicyclic amines) is 1. The first kappa shape index (κ1) is 13.2. The second-order valence-corrected chi connectivity index (χ2v) is 5.43. The van der Waals surface area contributed by atoms with E-state index in [4.69, 9.17) is 0 Å². The molecule has 0 bridgehead atoms. The summed E-state index contributed by atoms with van der Waals surface area (Å²) in [5, 5.41) is 0.348. The molecule has 3 rings (SSSR count). The number of hydrogen-bond acceptors (Lipinski definition) is 3. The van der Waals surface area contributed by atoms with Crippen molar-refractivity contribution in [1.29, 1.82) is 0 Å². The summed E-state index contributed by atoms with van der Waals surface area (Å²) >= 11 is 0. The van der Waals surface area contributed by atoms with E-state index in [0.717, 1.165) is 13.1 Å². The zero-order chi connectivity index (χ0) is 14.1. The largest absolute Gasteiger partial charge is 0.299 e. The molecular weight excluding hydrogens is 257 g/mol. The minimum absolute atomic E-state index is 0.155. The summed E-state index contributed by atoms with van der Waals surface area (Å²) in [6.45, 7) is 4.89. The molecule has 4 nitrogen and oxygen atoms in total. The van der Waals surface area contributed by atoms with Gasteiger partial charge in [0, 0.05) is 12.6 Å². The van der Waals surface area contributed by atoms with Gasteiger partial charge in [0.1, 0.15) is 11.3 Å². The van der Waals surface area contributed by atoms with Gasteiger partial charge in [-0.2, -0.15) is 0 Å². The first-order valence-corrected chi connectivity index (χ1v) is 7.04. The highest BCUT2D eigenvalue weighted by atomic mass is 19.1. The van der Waals surface area contributed by atoms with Crippen molar-refractivity contribution in [3.05, 3.63) is 40.7 Å². The van der Waals surface area contributed by atoms with Crippen LogP contribution in [0.3, 0.4) is 0 Å². The van der Waals surface area contributed by atoms with Crippen molar-refractivity contribution in [1.82, 2.24) is 14.5 Å². The molecule has 106 valence electrons. The van der Waals surface area contributed by atoms with Crippen LogP contribution in [0.2, 0.25) is 0 Å². The lowest BCUT2D eigenvalue weighted by atomic mass is 10.2. The van der Waals surface area contributed by atoms with Crippen LogP contribution >= 0.6 is 0 Å². The standard InChI is InChI=1S/C15H18FN3O/c1-11(18-7-2-3-8-18)9-19-10-17-14-12(15(19)20)5-4-6-13(14)16/h4-6,10-11H,2-3,7-9H2,1H3/t11-/m1/s1. The Hall–Kier alpha value is -1.75. The van der Waals surface area contributed by atoms with E-state index >= 15 is 0 Å². The van der Waals surface area contributed by atoms with Crippen molar-refractivity contribution >= 4 is 10.9 Å². The van der Waals surface area contributed by atoms with Crippen molar-refractivity contribution in [2.75, 3.05) is 13.1 Å². The summed E-state index contributed by atoms with van der Waals surface area (Å²) in [5.41, 5.74) is -0.0110. The second kappa shape index (κ2) is 5.32. The lowest BCUT2D eigenvalue weighted by Crippen LogP contribution is -2.36. The molecule has 20 heavy (non-hydrogen) atoms. The topological polar surface area (TPSA) is 38.1 Å². The number of aromatic nitrogens is 2. The van der Waals surface area contributed by atoms with Gasteiger partial charge >= 0.3 is 0 Å². The molecule has 1 aliphatic heterocycles. The SMILES string of the molecule is C[C@H](Cn1cnc2c(F)cccc2c1=O)N1CCCC1. The Morgan fingerprint density at radius 3 is 2.85 bits per heavy atom. The molecule has 0 N–H and O–H groups in total. The van der Waals surface area contributed by atoms with Gasteiger partial charge in [0.25, 0.3) is 5.56 Å². The van der Waals surface area contributed by atoms with Crippen LogP contribution in [-0.2, 0) is 6.54 Å². The second-order valence-electron chi connectivity index (χ2n) is 5.43. The van der Waals surface area contributed by atoms with E-state index in [2.05, 4.69) is 16.8 Å². The molecule has 0 aliphatic carbocycles. The first-order chi connectivity index (χ1) is 9.66. The maximum atomic E-state index is 13.6. The van der Waals surface area contributed by atoms with Gasteiger partial charge in [-0.3, -0.25) is 14.3 Å². The molecule has 2 heterocycles. The molecule has 0 amide bonds. The minimum Gasteiger partial charge on any atom is -0.299 e. The van der Waals surface area contributed by atoms with Crippen molar-refractivity contribution < 1.29 is 4.39 Å². The molecule has 0 unspecified atom stereocenters. The molecule has 1 aromatic heterocycles. The molecule has 1 fully saturated rings. The van der Waals surface area contributed by atoms with Crippen LogP contribution in [0, 0.1) is 5.82 Å². The molecule has 0 radical (unpaired) electrons. The van der Waals surface area contributed by atoms with Gasteiger partial charge in [0.05, 0.1) is 11.7 Å². The van der Waals surface area contributed by atoms with Gasteiger partial charge in [0.2, 0.25) is 0 Å². The Labute approximate surface area is 116 Å². The fraction of sp³-hybridized carbons (Fsp3) is 0.467. The Morgan fingerprint density at radius 2 is 2.10 bits per heavy atom. The maximum Gasteiger partial charge on any atom is 0.261 e. The van der Waals surface area contributed by atoms with Crippen LogP contribution in [-0.4, -0.2) is 33.6 Å². The van der Waals surface area contributed by atoms with Crippen LogP contribution in [0.4, 0.5) is 4.39 Å². The average molecular weight is 275 g/mol. The molecule has 5 heteroatoms. The number of fused-ring (bicyclic) bond motifs is 1. The third-order valence-corrected chi connectivity index (χ3v) is 4.03. The summed E-state index contributed by atoms with van der Waals surface area (Å²) < 4.78 is 15.2. The number of nitrogens with zero attached hydrogens (tertiary/aromatic N) is 3. The Bertz CT molecular complexity index is 676. The van der Waals surface area contributed by atoms with Gasteiger partial charge in [-0.25, -0.2) is 9.37 Å². The zero-order valence-electron chi connectivity index (χ0n) is 11.6. The van der Waals surface area contributed by atoms with Gasteiger partial charge in [-0.1, -0.05) is 6.07 Å². The average Bonchev–Trinajstić information content (AvgIpc) is 2.97. The van der Waals surface area contributed by atoms with E-state index in [1.165, 1.54) is 25.2 Å². The third-order valence-electron chi connectivity index (χ3n) is 4.03. The van der Waals surface area contributed by atoms with Gasteiger partial charge in [-0.15, -0.1) is 0 Å². The third kappa shape index (κ3) is 2.33. The van der Waals surface area contributed by atoms with Gasteiger partial charge in [0.15, 0.2) is 0 Å². The highest BCUT2D eigenvalue weighted by Gasteiger charge is 2.19. The molecule has 1 aromatic carbocycles. The van der Waals surface area contributed by atoms with Crippen molar-refractivity contribution in [3.63, 3.8) is 0 Å². The lowest BCUT2D eigenvalue weighted by Gasteiger charge is -2.24. The Balaban J connectivity index is 1.92. The molecule has 1 saturated heterocycles. The van der Waals surface area contributed by atoms with Crippen molar-refractivity contribution in [2.24, 2.45) is 0 Å². The van der Waals surface area contributed by atoms with Crippen molar-refractivity contribution in [3.8, 4) is 0 Å². The monoisotopic (exact) mass is 275 g/mol. The van der Waals surface area contributed by atoms with Gasteiger partial charge in [-0.05, 0) is 45.0 Å². The summed E-state index contributed by atoms with van der Waals surface area (Å²) in [7, 11) is 0. The van der Waals surface area contributed by atoms with Crippen LogP contribution in [0.15, 0.2) is 29.3 Å². The number of hydrogen-bond donors (Lipinski definition) is 0. The van der Waals surface area contributed by atoms with E-state index in [1.54, 1.807) is 16.7 Å². The predicted octanol–water partition coefficient (Wildman–Crippen LogP) is 2.02. The van der Waals surface area contributed by atoms with Crippen LogP contribution in [0.25, 0.3) is 10.9 Å². The molecule has 0 saturated carbocycles. The molecule has 1 atom stereocenters. The molecule has 1 aliphatic rings. The number of rotatable bonds is 3. The Kier molecular flexibility index (Phi) is 3.53. The van der Waals surface area contributed by atoms with Gasteiger partial charge < -0.3 is 0 Å². The van der Waals surface area contributed by atoms with E-state index in [1.807, 2.05) is 0 Å². The summed E-state index contributed by atoms with van der Waals surface area (Å²) in [6, 6.07) is 4.80. The summed E-state index contributed by atoms with van der Waals surface area (Å²) in [6.07, 6.45) is 3.90. The number of para-hydroxylation sites is 1. The van der Waals surface area contributed by atoms with E-state index in [9.17, 15) is 9.18 Å². The smallest absolute Gasteiger partial charge is 0.261 e. The highest BCUT2D eigenvalue weighted by Crippen LogP contribution is 2.14. The van der Waals surface area contributed by atoms with Crippen molar-refractivity contribution in [2.45, 2.75) is 32.4 Å². The molecular formula is C15H18FN3O. The van der Waals surface area contributed by atoms with Crippen LogP contribution < -0.4 is 5.56 Å². The summed E-state index contributed by atoms with van der Waals surface area (Å²) in [4.78, 5) is 18.8. The molecule has 2 aromatic rings. The Morgan fingerprint density at radius 1 is 1.35 bits per heavy atom. The normalized spacial score (nSPS) is 17.7. The van der Waals surface area contributed by atoms with Crippen LogP contribution in [0.1, 0.15) is 19.8 Å². The number of halogens is 1. The summed E-state index contributed by atoms with van der Waals surface area (Å²) in [5.74, 6) is -0.445. The quantitative estimate of drug-likeness (QED) is 0.860. The maximum absolute atomic E-state index is 13.6. The van der Waals surface area contributed by atoms with E-state index in [-0.39, 0.29) is 11.1 Å². The molecule has 0 spiro atoms. The minimum atomic E-state index is -0.445. The van der Waals surface area contributed by atoms with E-state index in [0.29, 0.717) is 18.0 Å². The van der Waals surface area contributed by atoms with E-state index < -0.39 is 5.82 Å². The predicted molar refractivity (Wildman–Crippen MR) is 76.2 cm³/mol. The fourth-order valence-electron chi connectivity index (χ4n) is 2.87. The van der Waals surface area contributed by atoms with Crippen LogP contribution in [0.5, 0.6) is 0 Å². The highest BCUT2D eigenvalue weighted by molar-refractivity contribution is 5.77. The fourth-order valence-corrected chi connectivity index (χ4v) is 2.87.